The predicted molar refractivity (Wildman–Crippen MR) is 99.1 cm³/mol. The van der Waals surface area contributed by atoms with E-state index in [1.807, 2.05) is 39.0 Å². The Kier molecular flexibility index (Phi) is 3.70. The van der Waals surface area contributed by atoms with Crippen LogP contribution in [-0.2, 0) is 16.5 Å². The number of nitrogens with zero attached hydrogens (tertiary/aromatic N) is 1. The number of para-hydroxylation sites is 2. The van der Waals surface area contributed by atoms with Crippen LogP contribution in [-0.4, -0.2) is 19.0 Å². The molecule has 134 valence electrons. The Hall–Kier alpha value is -2.60. The minimum absolute atomic E-state index is 0.0462. The van der Waals surface area contributed by atoms with Crippen molar-refractivity contribution in [3.63, 3.8) is 0 Å². The van der Waals surface area contributed by atoms with Gasteiger partial charge >= 0.3 is 10.1 Å². The summed E-state index contributed by atoms with van der Waals surface area (Å²) in [6.07, 6.45) is 2.35. The van der Waals surface area contributed by atoms with Gasteiger partial charge in [0.25, 0.3) is 0 Å². The standard InChI is InChI=1S/C20H19NO4S/c1-13-10-14-6-5-9-17(18(14)21-12-13)26(22,23)25-16-8-4-7-15-11-20(2,3)24-19(15)16/h4-10,12H,11H2,1-3H3. The third-order valence-corrected chi connectivity index (χ3v) is 5.60. The van der Waals surface area contributed by atoms with Crippen LogP contribution in [0.1, 0.15) is 25.0 Å². The molecule has 0 atom stereocenters. The fraction of sp³-hybridized carbons (Fsp3) is 0.250. The molecular weight excluding hydrogens is 350 g/mol. The highest BCUT2D eigenvalue weighted by Crippen LogP contribution is 2.42. The van der Waals surface area contributed by atoms with Crippen LogP contribution in [0.2, 0.25) is 0 Å². The normalized spacial score (nSPS) is 15.5. The van der Waals surface area contributed by atoms with Crippen molar-refractivity contribution in [1.82, 2.24) is 4.98 Å². The number of benzene rings is 2. The molecule has 1 aliphatic rings. The number of fused-ring (bicyclic) bond motifs is 2. The van der Waals surface area contributed by atoms with Crippen LogP contribution < -0.4 is 8.92 Å². The number of hydrogen-bond acceptors (Lipinski definition) is 5. The second-order valence-electron chi connectivity index (χ2n) is 7.16. The van der Waals surface area contributed by atoms with E-state index in [0.717, 1.165) is 16.5 Å². The molecule has 0 unspecified atom stereocenters. The second-order valence-corrected chi connectivity index (χ2v) is 8.68. The van der Waals surface area contributed by atoms with E-state index >= 15 is 0 Å². The summed E-state index contributed by atoms with van der Waals surface area (Å²) in [7, 11) is -4.05. The quantitative estimate of drug-likeness (QED) is 0.652. The van der Waals surface area contributed by atoms with E-state index in [4.69, 9.17) is 8.92 Å². The van der Waals surface area contributed by atoms with Gasteiger partial charge < -0.3 is 8.92 Å². The molecule has 6 heteroatoms. The summed E-state index contributed by atoms with van der Waals surface area (Å²) in [4.78, 5) is 4.34. The van der Waals surface area contributed by atoms with Gasteiger partial charge in [0.05, 0.1) is 5.52 Å². The predicted octanol–water partition coefficient (Wildman–Crippen LogP) is 4.02. The van der Waals surface area contributed by atoms with Crippen LogP contribution >= 0.6 is 0 Å². The van der Waals surface area contributed by atoms with E-state index in [2.05, 4.69) is 4.98 Å². The zero-order chi connectivity index (χ0) is 18.5. The number of ether oxygens (including phenoxy) is 1. The fourth-order valence-electron chi connectivity index (χ4n) is 3.26. The summed E-state index contributed by atoms with van der Waals surface area (Å²) in [6.45, 7) is 5.83. The zero-order valence-electron chi connectivity index (χ0n) is 14.8. The third-order valence-electron chi connectivity index (χ3n) is 4.33. The molecule has 1 aliphatic heterocycles. The van der Waals surface area contributed by atoms with E-state index in [0.29, 0.717) is 17.7 Å². The number of pyridine rings is 1. The van der Waals surface area contributed by atoms with E-state index in [1.165, 1.54) is 6.07 Å². The Morgan fingerprint density at radius 2 is 1.92 bits per heavy atom. The van der Waals surface area contributed by atoms with E-state index in [-0.39, 0.29) is 16.2 Å². The van der Waals surface area contributed by atoms with Crippen LogP contribution in [0.4, 0.5) is 0 Å². The van der Waals surface area contributed by atoms with Gasteiger partial charge in [0.2, 0.25) is 0 Å². The first kappa shape index (κ1) is 16.8. The molecule has 0 saturated carbocycles. The highest BCUT2D eigenvalue weighted by atomic mass is 32.2. The van der Waals surface area contributed by atoms with Crippen molar-refractivity contribution in [3.8, 4) is 11.5 Å². The highest BCUT2D eigenvalue weighted by molar-refractivity contribution is 7.87. The molecular formula is C20H19NO4S. The molecule has 2 heterocycles. The average Bonchev–Trinajstić information content (AvgIpc) is 2.89. The Labute approximate surface area is 152 Å². The smallest absolute Gasteiger partial charge is 0.341 e. The molecule has 5 nitrogen and oxygen atoms in total. The monoisotopic (exact) mass is 369 g/mol. The van der Waals surface area contributed by atoms with Gasteiger partial charge in [-0.3, -0.25) is 4.98 Å². The Morgan fingerprint density at radius 3 is 2.73 bits per heavy atom. The summed E-state index contributed by atoms with van der Waals surface area (Å²) in [5, 5.41) is 0.755. The van der Waals surface area contributed by atoms with Crippen LogP contribution in [0.25, 0.3) is 10.9 Å². The summed E-state index contributed by atoms with van der Waals surface area (Å²) in [5.41, 5.74) is 1.91. The molecule has 3 aromatic rings. The fourth-order valence-corrected chi connectivity index (χ4v) is 4.37. The van der Waals surface area contributed by atoms with Gasteiger partial charge in [-0.15, -0.1) is 0 Å². The number of aryl methyl sites for hydroxylation is 1. The minimum atomic E-state index is -4.05. The van der Waals surface area contributed by atoms with Crippen molar-refractivity contribution in [2.24, 2.45) is 0 Å². The molecule has 0 N–H and O–H groups in total. The lowest BCUT2D eigenvalue weighted by Crippen LogP contribution is -2.24. The summed E-state index contributed by atoms with van der Waals surface area (Å²) in [5.74, 6) is 0.697. The minimum Gasteiger partial charge on any atom is -0.483 e. The molecule has 0 fully saturated rings. The molecule has 0 aliphatic carbocycles. The van der Waals surface area contributed by atoms with Crippen LogP contribution in [0.15, 0.2) is 53.6 Å². The van der Waals surface area contributed by atoms with E-state index in [1.54, 1.807) is 24.4 Å². The maximum atomic E-state index is 12.9. The van der Waals surface area contributed by atoms with Crippen molar-refractivity contribution in [2.75, 3.05) is 0 Å². The van der Waals surface area contributed by atoms with Gasteiger partial charge in [-0.25, -0.2) is 0 Å². The molecule has 26 heavy (non-hydrogen) atoms. The Morgan fingerprint density at radius 1 is 1.15 bits per heavy atom. The maximum absolute atomic E-state index is 12.9. The van der Waals surface area contributed by atoms with E-state index in [9.17, 15) is 8.42 Å². The Bertz CT molecular complexity index is 1120. The molecule has 4 rings (SSSR count). The molecule has 0 spiro atoms. The third kappa shape index (κ3) is 2.90. The van der Waals surface area contributed by atoms with Crippen LogP contribution in [0.5, 0.6) is 11.5 Å². The van der Waals surface area contributed by atoms with Gasteiger partial charge in [0.1, 0.15) is 10.5 Å². The summed E-state index contributed by atoms with van der Waals surface area (Å²) >= 11 is 0. The zero-order valence-corrected chi connectivity index (χ0v) is 15.6. The average molecular weight is 369 g/mol. The van der Waals surface area contributed by atoms with E-state index < -0.39 is 10.1 Å². The van der Waals surface area contributed by atoms with Gasteiger partial charge in [0.15, 0.2) is 11.5 Å². The molecule has 1 aromatic heterocycles. The largest absolute Gasteiger partial charge is 0.483 e. The van der Waals surface area contributed by atoms with Crippen molar-refractivity contribution in [3.05, 3.63) is 59.8 Å². The van der Waals surface area contributed by atoms with Crippen molar-refractivity contribution in [1.29, 1.82) is 0 Å². The first-order valence-electron chi connectivity index (χ1n) is 8.36. The number of aromatic nitrogens is 1. The molecule has 0 radical (unpaired) electrons. The van der Waals surface area contributed by atoms with Gasteiger partial charge in [-0.05, 0) is 44.5 Å². The van der Waals surface area contributed by atoms with Gasteiger partial charge in [-0.2, -0.15) is 8.42 Å². The van der Waals surface area contributed by atoms with Crippen LogP contribution in [0, 0.1) is 6.92 Å². The lowest BCUT2D eigenvalue weighted by Gasteiger charge is -2.18. The van der Waals surface area contributed by atoms with Gasteiger partial charge in [-0.1, -0.05) is 24.3 Å². The molecule has 0 saturated heterocycles. The SMILES string of the molecule is Cc1cnc2c(S(=O)(=O)Oc3cccc4c3OC(C)(C)C4)cccc2c1. The van der Waals surface area contributed by atoms with Crippen LogP contribution in [0.3, 0.4) is 0 Å². The molecule has 0 amide bonds. The first-order valence-corrected chi connectivity index (χ1v) is 9.77. The number of rotatable bonds is 3. The first-order chi connectivity index (χ1) is 12.3. The molecule has 2 aromatic carbocycles. The topological polar surface area (TPSA) is 65.5 Å². The highest BCUT2D eigenvalue weighted by Gasteiger charge is 2.34. The van der Waals surface area contributed by atoms with Crippen molar-refractivity contribution < 1.29 is 17.3 Å². The van der Waals surface area contributed by atoms with Crippen molar-refractivity contribution >= 4 is 21.0 Å². The lowest BCUT2D eigenvalue weighted by molar-refractivity contribution is 0.136. The number of hydrogen-bond donors (Lipinski definition) is 0. The summed E-state index contributed by atoms with van der Waals surface area (Å²) in [6, 6.07) is 12.2. The second kappa shape index (κ2) is 5.71. The van der Waals surface area contributed by atoms with Gasteiger partial charge in [0, 0.05) is 23.6 Å². The molecule has 0 bridgehead atoms. The lowest BCUT2D eigenvalue weighted by atomic mass is 10.0. The maximum Gasteiger partial charge on any atom is 0.341 e. The van der Waals surface area contributed by atoms with Crippen molar-refractivity contribution in [2.45, 2.75) is 37.7 Å². The Balaban J connectivity index is 1.78. The summed E-state index contributed by atoms with van der Waals surface area (Å²) < 4.78 is 37.3.